The van der Waals surface area contributed by atoms with Crippen molar-refractivity contribution in [1.29, 1.82) is 0 Å². The van der Waals surface area contributed by atoms with E-state index in [1.165, 1.54) is 11.3 Å². The van der Waals surface area contributed by atoms with Crippen molar-refractivity contribution in [2.24, 2.45) is 0 Å². The Hall–Kier alpha value is -2.93. The van der Waals surface area contributed by atoms with E-state index in [1.54, 1.807) is 26.5 Å². The topological polar surface area (TPSA) is 73.3 Å². The molecule has 2 aromatic heterocycles. The maximum absolute atomic E-state index is 12.6. The highest BCUT2D eigenvalue weighted by molar-refractivity contribution is 7.17. The number of amides is 1. The molecule has 0 radical (unpaired) electrons. The van der Waals surface area contributed by atoms with Gasteiger partial charge in [0.15, 0.2) is 0 Å². The second-order valence-corrected chi connectivity index (χ2v) is 6.51. The number of aryl methyl sites for hydroxylation is 1. The Labute approximate surface area is 155 Å². The minimum Gasteiger partial charge on any atom is -0.497 e. The molecule has 6 nitrogen and oxygen atoms in total. The zero-order chi connectivity index (χ0) is 18.5. The fourth-order valence-corrected chi connectivity index (χ4v) is 3.42. The lowest BCUT2D eigenvalue weighted by molar-refractivity contribution is 0.0954. The van der Waals surface area contributed by atoms with Crippen LogP contribution in [0.4, 0.5) is 0 Å². The number of pyridine rings is 1. The number of nitrogens with zero attached hydrogens (tertiary/aromatic N) is 2. The number of rotatable bonds is 6. The van der Waals surface area contributed by atoms with Crippen LogP contribution in [0.15, 0.2) is 42.6 Å². The number of methoxy groups -OCH3 is 2. The molecule has 26 heavy (non-hydrogen) atoms. The maximum atomic E-state index is 12.6. The summed E-state index contributed by atoms with van der Waals surface area (Å²) in [5, 5.41) is 3.66. The molecule has 0 aliphatic heterocycles. The zero-order valence-corrected chi connectivity index (χ0v) is 15.6. The number of ether oxygens (including phenoxy) is 2. The summed E-state index contributed by atoms with van der Waals surface area (Å²) >= 11 is 1.33. The van der Waals surface area contributed by atoms with E-state index in [1.807, 2.05) is 37.3 Å². The van der Waals surface area contributed by atoms with E-state index in [9.17, 15) is 4.79 Å². The number of benzene rings is 1. The minimum absolute atomic E-state index is 0.167. The molecule has 1 amide bonds. The summed E-state index contributed by atoms with van der Waals surface area (Å²) < 4.78 is 10.5. The van der Waals surface area contributed by atoms with Crippen LogP contribution in [-0.2, 0) is 6.54 Å². The highest BCUT2D eigenvalue weighted by Crippen LogP contribution is 2.27. The number of carbonyl (C=O) groups is 1. The third-order valence-electron chi connectivity index (χ3n) is 3.82. The molecule has 0 atom stereocenters. The molecule has 1 aromatic carbocycles. The van der Waals surface area contributed by atoms with E-state index >= 15 is 0 Å². The van der Waals surface area contributed by atoms with Crippen molar-refractivity contribution < 1.29 is 14.3 Å². The summed E-state index contributed by atoms with van der Waals surface area (Å²) in [5.74, 6) is 1.20. The Morgan fingerprint density at radius 2 is 2.04 bits per heavy atom. The summed E-state index contributed by atoms with van der Waals surface area (Å²) in [6.45, 7) is 2.17. The Kier molecular flexibility index (Phi) is 5.48. The molecule has 0 aliphatic rings. The molecule has 0 bridgehead atoms. The SMILES string of the molecule is COc1ccc(CNC(=O)c2sc(-c3ccccn3)nc2C)c(OC)c1. The van der Waals surface area contributed by atoms with Gasteiger partial charge in [0.05, 0.1) is 25.6 Å². The van der Waals surface area contributed by atoms with E-state index in [0.29, 0.717) is 28.6 Å². The van der Waals surface area contributed by atoms with Crippen LogP contribution in [0.3, 0.4) is 0 Å². The molecule has 2 heterocycles. The first-order valence-corrected chi connectivity index (χ1v) is 8.82. The van der Waals surface area contributed by atoms with Gasteiger partial charge in [-0.05, 0) is 31.2 Å². The lowest BCUT2D eigenvalue weighted by Gasteiger charge is -2.11. The van der Waals surface area contributed by atoms with Gasteiger partial charge in [0.1, 0.15) is 21.4 Å². The van der Waals surface area contributed by atoms with Crippen molar-refractivity contribution in [3.63, 3.8) is 0 Å². The quantitative estimate of drug-likeness (QED) is 0.720. The maximum Gasteiger partial charge on any atom is 0.263 e. The smallest absolute Gasteiger partial charge is 0.263 e. The van der Waals surface area contributed by atoms with Gasteiger partial charge in [-0.15, -0.1) is 11.3 Å². The fraction of sp³-hybridized carbons (Fsp3) is 0.211. The first-order chi connectivity index (χ1) is 12.6. The molecular weight excluding hydrogens is 350 g/mol. The lowest BCUT2D eigenvalue weighted by atomic mass is 10.2. The first-order valence-electron chi connectivity index (χ1n) is 8.00. The fourth-order valence-electron chi connectivity index (χ4n) is 2.46. The predicted octanol–water partition coefficient (Wildman–Crippen LogP) is 3.46. The Morgan fingerprint density at radius 1 is 1.19 bits per heavy atom. The summed E-state index contributed by atoms with van der Waals surface area (Å²) in [4.78, 5) is 21.9. The van der Waals surface area contributed by atoms with Gasteiger partial charge >= 0.3 is 0 Å². The van der Waals surface area contributed by atoms with Crippen LogP contribution in [0.2, 0.25) is 0 Å². The van der Waals surface area contributed by atoms with E-state index in [4.69, 9.17) is 9.47 Å². The standard InChI is InChI=1S/C19H19N3O3S/c1-12-17(26-19(22-12)15-6-4-5-9-20-15)18(23)21-11-13-7-8-14(24-2)10-16(13)25-3/h4-10H,11H2,1-3H3,(H,21,23). The van der Waals surface area contributed by atoms with E-state index < -0.39 is 0 Å². The molecule has 0 saturated heterocycles. The van der Waals surface area contributed by atoms with Gasteiger partial charge in [-0.25, -0.2) is 4.98 Å². The number of aromatic nitrogens is 2. The highest BCUT2D eigenvalue weighted by Gasteiger charge is 2.17. The molecule has 0 unspecified atom stereocenters. The third-order valence-corrected chi connectivity index (χ3v) is 5.00. The molecule has 3 aromatic rings. The van der Waals surface area contributed by atoms with Gasteiger partial charge < -0.3 is 14.8 Å². The van der Waals surface area contributed by atoms with Crippen LogP contribution < -0.4 is 14.8 Å². The zero-order valence-electron chi connectivity index (χ0n) is 14.8. The highest BCUT2D eigenvalue weighted by atomic mass is 32.1. The molecule has 134 valence electrons. The van der Waals surface area contributed by atoms with E-state index in [-0.39, 0.29) is 5.91 Å². The van der Waals surface area contributed by atoms with Gasteiger partial charge in [-0.2, -0.15) is 0 Å². The van der Waals surface area contributed by atoms with Crippen LogP contribution in [-0.4, -0.2) is 30.1 Å². The number of hydrogen-bond donors (Lipinski definition) is 1. The van der Waals surface area contributed by atoms with Crippen LogP contribution in [0, 0.1) is 6.92 Å². The average molecular weight is 369 g/mol. The van der Waals surface area contributed by atoms with Crippen molar-refractivity contribution in [1.82, 2.24) is 15.3 Å². The molecule has 0 fully saturated rings. The summed E-state index contributed by atoms with van der Waals surface area (Å²) in [5.41, 5.74) is 2.32. The Balaban J connectivity index is 1.74. The van der Waals surface area contributed by atoms with E-state index in [0.717, 1.165) is 16.3 Å². The van der Waals surface area contributed by atoms with Crippen molar-refractivity contribution in [3.8, 4) is 22.2 Å². The van der Waals surface area contributed by atoms with Crippen LogP contribution in [0.5, 0.6) is 11.5 Å². The van der Waals surface area contributed by atoms with Crippen molar-refractivity contribution in [2.45, 2.75) is 13.5 Å². The van der Waals surface area contributed by atoms with Crippen LogP contribution in [0.1, 0.15) is 20.9 Å². The van der Waals surface area contributed by atoms with Gasteiger partial charge in [0, 0.05) is 24.4 Å². The molecular formula is C19H19N3O3S. The van der Waals surface area contributed by atoms with E-state index in [2.05, 4.69) is 15.3 Å². The molecule has 0 aliphatic carbocycles. The molecule has 7 heteroatoms. The normalized spacial score (nSPS) is 10.4. The number of thiazole rings is 1. The third kappa shape index (κ3) is 3.83. The molecule has 1 N–H and O–H groups in total. The summed E-state index contributed by atoms with van der Waals surface area (Å²) in [7, 11) is 3.19. The molecule has 0 spiro atoms. The number of nitrogens with one attached hydrogen (secondary N) is 1. The Bertz CT molecular complexity index is 910. The van der Waals surface area contributed by atoms with Gasteiger partial charge in [0.25, 0.3) is 5.91 Å². The predicted molar refractivity (Wildman–Crippen MR) is 101 cm³/mol. The van der Waals surface area contributed by atoms with Crippen LogP contribution in [0.25, 0.3) is 10.7 Å². The van der Waals surface area contributed by atoms with Gasteiger partial charge in [-0.1, -0.05) is 6.07 Å². The summed E-state index contributed by atoms with van der Waals surface area (Å²) in [6, 6.07) is 11.1. The first kappa shape index (κ1) is 17.9. The summed E-state index contributed by atoms with van der Waals surface area (Å²) in [6.07, 6.45) is 1.71. The number of carbonyl (C=O) groups excluding carboxylic acids is 1. The molecule has 0 saturated carbocycles. The van der Waals surface area contributed by atoms with Crippen molar-refractivity contribution >= 4 is 17.2 Å². The van der Waals surface area contributed by atoms with Crippen molar-refractivity contribution in [3.05, 3.63) is 58.7 Å². The second-order valence-electron chi connectivity index (χ2n) is 5.51. The second kappa shape index (κ2) is 7.97. The Morgan fingerprint density at radius 3 is 2.73 bits per heavy atom. The largest absolute Gasteiger partial charge is 0.497 e. The van der Waals surface area contributed by atoms with Gasteiger partial charge in [-0.3, -0.25) is 9.78 Å². The lowest BCUT2D eigenvalue weighted by Crippen LogP contribution is -2.22. The van der Waals surface area contributed by atoms with Gasteiger partial charge in [0.2, 0.25) is 0 Å². The van der Waals surface area contributed by atoms with Crippen LogP contribution >= 0.6 is 11.3 Å². The average Bonchev–Trinajstić information content (AvgIpc) is 3.08. The van der Waals surface area contributed by atoms with Crippen molar-refractivity contribution in [2.75, 3.05) is 14.2 Å². The molecule has 3 rings (SSSR count). The minimum atomic E-state index is -0.167. The number of hydrogen-bond acceptors (Lipinski definition) is 6. The monoisotopic (exact) mass is 369 g/mol.